The van der Waals surface area contributed by atoms with E-state index in [4.69, 9.17) is 0 Å². The topological polar surface area (TPSA) is 12.0 Å². The van der Waals surface area contributed by atoms with E-state index in [0.29, 0.717) is 4.32 Å². The highest BCUT2D eigenvalue weighted by atomic mass is 79.9. The van der Waals surface area contributed by atoms with E-state index in [1.165, 1.54) is 32.4 Å². The molecule has 2 rings (SSSR count). The molecule has 1 aliphatic carbocycles. The zero-order valence-electron chi connectivity index (χ0n) is 5.49. The first-order valence-corrected chi connectivity index (χ1v) is 4.50. The van der Waals surface area contributed by atoms with Crippen molar-refractivity contribution in [2.75, 3.05) is 13.1 Å². The summed E-state index contributed by atoms with van der Waals surface area (Å²) in [5.41, 5.74) is 0. The van der Waals surface area contributed by atoms with E-state index in [2.05, 4.69) is 21.2 Å². The Labute approximate surface area is 64.3 Å². The van der Waals surface area contributed by atoms with Crippen LogP contribution in [0.3, 0.4) is 0 Å². The van der Waals surface area contributed by atoms with E-state index in [-0.39, 0.29) is 0 Å². The Morgan fingerprint density at radius 3 is 2.67 bits per heavy atom. The zero-order valence-corrected chi connectivity index (χ0v) is 7.08. The summed E-state index contributed by atoms with van der Waals surface area (Å²) in [5, 5.41) is 3.39. The summed E-state index contributed by atoms with van der Waals surface area (Å²) < 4.78 is 0.507. The smallest absolute Gasteiger partial charge is 0.0422 e. The monoisotopic (exact) mass is 189 g/mol. The molecule has 1 saturated heterocycles. The first-order chi connectivity index (χ1) is 4.31. The van der Waals surface area contributed by atoms with Crippen LogP contribution in [0.1, 0.15) is 19.3 Å². The van der Waals surface area contributed by atoms with Crippen molar-refractivity contribution in [1.29, 1.82) is 0 Å². The van der Waals surface area contributed by atoms with E-state index in [1.807, 2.05) is 0 Å². The average molecular weight is 190 g/mol. The Balaban J connectivity index is 2.02. The van der Waals surface area contributed by atoms with Crippen LogP contribution in [-0.2, 0) is 0 Å². The number of rotatable bonds is 1. The highest BCUT2D eigenvalue weighted by Crippen LogP contribution is 2.47. The molecule has 0 aromatic carbocycles. The molecule has 9 heavy (non-hydrogen) atoms. The standard InChI is InChI=1S/C7H12BrN/c8-7(6-1-2-6)3-4-9-5-7/h6,9H,1-5H2. The first-order valence-electron chi connectivity index (χ1n) is 3.71. The van der Waals surface area contributed by atoms with Crippen LogP contribution in [0.2, 0.25) is 0 Å². The van der Waals surface area contributed by atoms with E-state index in [0.717, 1.165) is 5.92 Å². The number of nitrogens with one attached hydrogen (secondary N) is 1. The molecule has 2 heteroatoms. The van der Waals surface area contributed by atoms with Gasteiger partial charge in [-0.1, -0.05) is 15.9 Å². The molecule has 1 heterocycles. The summed E-state index contributed by atoms with van der Waals surface area (Å²) in [7, 11) is 0. The van der Waals surface area contributed by atoms with Gasteiger partial charge in [0, 0.05) is 10.9 Å². The quantitative estimate of drug-likeness (QED) is 0.618. The second-order valence-corrected chi connectivity index (χ2v) is 4.81. The molecule has 2 fully saturated rings. The van der Waals surface area contributed by atoms with E-state index in [1.54, 1.807) is 0 Å². The van der Waals surface area contributed by atoms with Gasteiger partial charge in [0.15, 0.2) is 0 Å². The predicted octanol–water partition coefficient (Wildman–Crippen LogP) is 1.52. The SMILES string of the molecule is BrC1(C2CC2)CCNC1. The molecule has 2 aliphatic rings. The Morgan fingerprint density at radius 1 is 1.44 bits per heavy atom. The Bertz CT molecular complexity index is 114. The average Bonchev–Trinajstić information content (AvgIpc) is 2.60. The Morgan fingerprint density at radius 2 is 2.22 bits per heavy atom. The number of hydrogen-bond donors (Lipinski definition) is 1. The molecule has 1 saturated carbocycles. The summed E-state index contributed by atoms with van der Waals surface area (Å²) in [6.45, 7) is 2.40. The maximum absolute atomic E-state index is 3.81. The second kappa shape index (κ2) is 1.96. The summed E-state index contributed by atoms with van der Waals surface area (Å²) in [6, 6.07) is 0. The summed E-state index contributed by atoms with van der Waals surface area (Å²) in [6.07, 6.45) is 4.23. The third-order valence-corrected chi connectivity index (χ3v) is 3.77. The molecule has 1 aliphatic heterocycles. The van der Waals surface area contributed by atoms with Gasteiger partial charge in [-0.25, -0.2) is 0 Å². The number of hydrogen-bond acceptors (Lipinski definition) is 1. The molecule has 1 nitrogen and oxygen atoms in total. The van der Waals surface area contributed by atoms with Gasteiger partial charge in [-0.3, -0.25) is 0 Å². The van der Waals surface area contributed by atoms with Crippen molar-refractivity contribution in [3.05, 3.63) is 0 Å². The van der Waals surface area contributed by atoms with Gasteiger partial charge in [0.25, 0.3) is 0 Å². The van der Waals surface area contributed by atoms with Crippen LogP contribution in [-0.4, -0.2) is 17.4 Å². The first kappa shape index (κ1) is 6.17. The Hall–Kier alpha value is 0.440. The van der Waals surface area contributed by atoms with Crippen LogP contribution in [0, 0.1) is 5.92 Å². The molecule has 1 atom stereocenters. The molecule has 0 aromatic heterocycles. The minimum atomic E-state index is 0.507. The largest absolute Gasteiger partial charge is 0.315 e. The van der Waals surface area contributed by atoms with Gasteiger partial charge in [0.2, 0.25) is 0 Å². The Kier molecular flexibility index (Phi) is 1.34. The van der Waals surface area contributed by atoms with Crippen molar-refractivity contribution in [2.24, 2.45) is 5.92 Å². The maximum atomic E-state index is 3.81. The maximum Gasteiger partial charge on any atom is 0.0422 e. The normalized spacial score (nSPS) is 43.7. The van der Waals surface area contributed by atoms with Gasteiger partial charge in [0.05, 0.1) is 0 Å². The van der Waals surface area contributed by atoms with E-state index >= 15 is 0 Å². The molecular weight excluding hydrogens is 178 g/mol. The lowest BCUT2D eigenvalue weighted by atomic mass is 10.0. The van der Waals surface area contributed by atoms with Crippen LogP contribution >= 0.6 is 15.9 Å². The third kappa shape index (κ3) is 1.03. The van der Waals surface area contributed by atoms with Crippen molar-refractivity contribution in [2.45, 2.75) is 23.6 Å². The lowest BCUT2D eigenvalue weighted by molar-refractivity contribution is 0.578. The molecule has 0 aromatic rings. The van der Waals surface area contributed by atoms with Crippen molar-refractivity contribution >= 4 is 15.9 Å². The zero-order chi connectivity index (χ0) is 6.32. The molecular formula is C7H12BrN. The van der Waals surface area contributed by atoms with Crippen LogP contribution in [0.5, 0.6) is 0 Å². The van der Waals surface area contributed by atoms with Crippen molar-refractivity contribution < 1.29 is 0 Å². The molecule has 1 N–H and O–H groups in total. The van der Waals surface area contributed by atoms with Crippen molar-refractivity contribution in [3.63, 3.8) is 0 Å². The molecule has 0 radical (unpaired) electrons. The predicted molar refractivity (Wildman–Crippen MR) is 41.9 cm³/mol. The van der Waals surface area contributed by atoms with Gasteiger partial charge in [-0.05, 0) is 31.7 Å². The van der Waals surface area contributed by atoms with Gasteiger partial charge >= 0.3 is 0 Å². The summed E-state index contributed by atoms with van der Waals surface area (Å²) >= 11 is 3.81. The second-order valence-electron chi connectivity index (χ2n) is 3.24. The van der Waals surface area contributed by atoms with Crippen LogP contribution in [0.15, 0.2) is 0 Å². The van der Waals surface area contributed by atoms with Crippen LogP contribution < -0.4 is 5.32 Å². The van der Waals surface area contributed by atoms with Crippen LogP contribution in [0.25, 0.3) is 0 Å². The fourth-order valence-electron chi connectivity index (χ4n) is 1.63. The van der Waals surface area contributed by atoms with Gasteiger partial charge in [-0.15, -0.1) is 0 Å². The number of halogens is 1. The lowest BCUT2D eigenvalue weighted by Crippen LogP contribution is -2.26. The molecule has 0 bridgehead atoms. The minimum Gasteiger partial charge on any atom is -0.315 e. The fourth-order valence-corrected chi connectivity index (χ4v) is 2.48. The summed E-state index contributed by atoms with van der Waals surface area (Å²) in [4.78, 5) is 0. The highest BCUT2D eigenvalue weighted by molar-refractivity contribution is 9.10. The van der Waals surface area contributed by atoms with Crippen LogP contribution in [0.4, 0.5) is 0 Å². The number of alkyl halides is 1. The molecule has 1 unspecified atom stereocenters. The fraction of sp³-hybridized carbons (Fsp3) is 1.00. The molecule has 0 spiro atoms. The van der Waals surface area contributed by atoms with Gasteiger partial charge < -0.3 is 5.32 Å². The van der Waals surface area contributed by atoms with E-state index < -0.39 is 0 Å². The van der Waals surface area contributed by atoms with Crippen molar-refractivity contribution in [1.82, 2.24) is 5.32 Å². The molecule has 52 valence electrons. The third-order valence-electron chi connectivity index (χ3n) is 2.45. The minimum absolute atomic E-state index is 0.507. The van der Waals surface area contributed by atoms with Gasteiger partial charge in [0.1, 0.15) is 0 Å². The summed E-state index contributed by atoms with van der Waals surface area (Å²) in [5.74, 6) is 0.993. The molecule has 0 amide bonds. The van der Waals surface area contributed by atoms with Crippen molar-refractivity contribution in [3.8, 4) is 0 Å². The highest BCUT2D eigenvalue weighted by Gasteiger charge is 2.44. The van der Waals surface area contributed by atoms with Gasteiger partial charge in [-0.2, -0.15) is 0 Å². The lowest BCUT2D eigenvalue weighted by Gasteiger charge is -2.18. The van der Waals surface area contributed by atoms with E-state index in [9.17, 15) is 0 Å².